The van der Waals surface area contributed by atoms with Crippen LogP contribution in [-0.4, -0.2) is 11.8 Å². The molecule has 5 heteroatoms. The van der Waals surface area contributed by atoms with Crippen LogP contribution in [0.4, 0.5) is 0 Å². The van der Waals surface area contributed by atoms with Gasteiger partial charge in [0.2, 0.25) is 5.78 Å². The van der Waals surface area contributed by atoms with Gasteiger partial charge in [0.25, 0.3) is 0 Å². The zero-order chi connectivity index (χ0) is 22.8. The number of esters is 1. The van der Waals surface area contributed by atoms with Crippen LogP contribution in [0.5, 0.6) is 11.5 Å². The number of hydrogen-bond donors (Lipinski definition) is 0. The Labute approximate surface area is 195 Å². The third kappa shape index (κ3) is 4.36. The van der Waals surface area contributed by atoms with E-state index in [1.54, 1.807) is 25.1 Å². The number of Topliss-reactive ketones (excluding diaryl/α,β-unsaturated/α-hetero) is 1. The van der Waals surface area contributed by atoms with Crippen molar-refractivity contribution in [1.82, 2.24) is 0 Å². The summed E-state index contributed by atoms with van der Waals surface area (Å²) in [5, 5.41) is 1.92. The van der Waals surface area contributed by atoms with E-state index in [1.807, 2.05) is 60.0 Å². The number of rotatable bonds is 5. The Bertz CT molecular complexity index is 1350. The van der Waals surface area contributed by atoms with Gasteiger partial charge in [0.05, 0.1) is 12.0 Å². The summed E-state index contributed by atoms with van der Waals surface area (Å²) in [6.07, 6.45) is 1.94. The number of hydrogen-bond acceptors (Lipinski definition) is 5. The molecular formula is C28H20O4S. The third-order valence-electron chi connectivity index (χ3n) is 5.47. The summed E-state index contributed by atoms with van der Waals surface area (Å²) in [5.41, 5.74) is 4.20. The molecule has 0 bridgehead atoms. The van der Waals surface area contributed by atoms with Crippen molar-refractivity contribution in [3.05, 3.63) is 112 Å². The van der Waals surface area contributed by atoms with Crippen LogP contribution in [0.25, 0.3) is 17.2 Å². The van der Waals surface area contributed by atoms with Crippen molar-refractivity contribution < 1.29 is 19.1 Å². The van der Waals surface area contributed by atoms with E-state index in [2.05, 4.69) is 12.1 Å². The molecule has 1 aromatic heterocycles. The molecule has 4 aromatic rings. The average molecular weight is 453 g/mol. The summed E-state index contributed by atoms with van der Waals surface area (Å²) >= 11 is 1.51. The molecule has 1 aliphatic rings. The van der Waals surface area contributed by atoms with E-state index in [0.29, 0.717) is 22.6 Å². The highest BCUT2D eigenvalue weighted by molar-refractivity contribution is 7.10. The molecular weight excluding hydrogens is 432 g/mol. The number of thiophene rings is 1. The second kappa shape index (κ2) is 8.88. The van der Waals surface area contributed by atoms with E-state index in [9.17, 15) is 9.59 Å². The number of benzene rings is 3. The summed E-state index contributed by atoms with van der Waals surface area (Å²) < 4.78 is 11.5. The monoisotopic (exact) mass is 452 g/mol. The van der Waals surface area contributed by atoms with Crippen molar-refractivity contribution in [1.29, 1.82) is 0 Å². The molecule has 3 aromatic carbocycles. The largest absolute Gasteiger partial charge is 0.452 e. The van der Waals surface area contributed by atoms with Crippen LogP contribution >= 0.6 is 11.3 Å². The molecule has 0 saturated carbocycles. The second-order valence-corrected chi connectivity index (χ2v) is 8.76. The van der Waals surface area contributed by atoms with E-state index >= 15 is 0 Å². The highest BCUT2D eigenvalue weighted by Crippen LogP contribution is 2.39. The number of carbonyl (C=O) groups is 2. The van der Waals surface area contributed by atoms with E-state index in [0.717, 1.165) is 21.6 Å². The number of allylic oxidation sites excluding steroid dienone is 1. The standard InChI is InChI=1S/C28H20O4S/c1-18-24(31-26(29)17-22-8-5-15-33-22)14-13-23-27(30)25(32-28(18)23)16-19-9-11-21(12-10-19)20-6-3-2-4-7-20/h2-16H,17H2,1H3/b25-16-. The van der Waals surface area contributed by atoms with Gasteiger partial charge in [-0.25, -0.2) is 0 Å². The Hall–Kier alpha value is -3.96. The Balaban J connectivity index is 1.34. The minimum Gasteiger partial charge on any atom is -0.452 e. The number of fused-ring (bicyclic) bond motifs is 1. The highest BCUT2D eigenvalue weighted by Gasteiger charge is 2.30. The van der Waals surface area contributed by atoms with Crippen molar-refractivity contribution in [2.24, 2.45) is 0 Å². The highest BCUT2D eigenvalue weighted by atomic mass is 32.1. The number of carbonyl (C=O) groups excluding carboxylic acids is 2. The molecule has 0 atom stereocenters. The predicted molar refractivity (Wildman–Crippen MR) is 130 cm³/mol. The molecule has 0 amide bonds. The summed E-state index contributed by atoms with van der Waals surface area (Å²) in [4.78, 5) is 26.1. The van der Waals surface area contributed by atoms with Crippen LogP contribution in [0.2, 0.25) is 0 Å². The first-order chi connectivity index (χ1) is 16.1. The van der Waals surface area contributed by atoms with Crippen molar-refractivity contribution in [3.8, 4) is 22.6 Å². The van der Waals surface area contributed by atoms with Gasteiger partial charge in [-0.15, -0.1) is 11.3 Å². The Morgan fingerprint density at radius 3 is 2.42 bits per heavy atom. The fourth-order valence-electron chi connectivity index (χ4n) is 3.75. The molecule has 0 N–H and O–H groups in total. The van der Waals surface area contributed by atoms with Gasteiger partial charge in [0, 0.05) is 10.4 Å². The normalized spacial score (nSPS) is 13.6. The molecule has 0 spiro atoms. The van der Waals surface area contributed by atoms with E-state index < -0.39 is 0 Å². The molecule has 0 radical (unpaired) electrons. The number of ether oxygens (including phenoxy) is 2. The zero-order valence-corrected chi connectivity index (χ0v) is 18.7. The van der Waals surface area contributed by atoms with Gasteiger partial charge in [0.15, 0.2) is 5.76 Å². The lowest BCUT2D eigenvalue weighted by atomic mass is 10.0. The van der Waals surface area contributed by atoms with Crippen LogP contribution in [0.3, 0.4) is 0 Å². The van der Waals surface area contributed by atoms with Crippen LogP contribution in [-0.2, 0) is 11.2 Å². The molecule has 33 heavy (non-hydrogen) atoms. The molecule has 0 unspecified atom stereocenters. The number of ketones is 1. The minimum atomic E-state index is -0.348. The Morgan fingerprint density at radius 2 is 1.70 bits per heavy atom. The molecule has 162 valence electrons. The van der Waals surface area contributed by atoms with Gasteiger partial charge in [-0.3, -0.25) is 9.59 Å². The topological polar surface area (TPSA) is 52.6 Å². The summed E-state index contributed by atoms with van der Waals surface area (Å²) in [7, 11) is 0. The fourth-order valence-corrected chi connectivity index (χ4v) is 4.44. The average Bonchev–Trinajstić information content (AvgIpc) is 3.45. The summed E-state index contributed by atoms with van der Waals surface area (Å²) in [5.74, 6) is 0.559. The van der Waals surface area contributed by atoms with Gasteiger partial charge < -0.3 is 9.47 Å². The lowest BCUT2D eigenvalue weighted by Gasteiger charge is -2.09. The van der Waals surface area contributed by atoms with Crippen molar-refractivity contribution in [2.45, 2.75) is 13.3 Å². The first-order valence-corrected chi connectivity index (χ1v) is 11.4. The maximum atomic E-state index is 12.9. The maximum absolute atomic E-state index is 12.9. The molecule has 4 nitrogen and oxygen atoms in total. The van der Waals surface area contributed by atoms with E-state index in [-0.39, 0.29) is 23.9 Å². The van der Waals surface area contributed by atoms with Gasteiger partial charge in [-0.1, -0.05) is 60.7 Å². The second-order valence-electron chi connectivity index (χ2n) is 7.72. The van der Waals surface area contributed by atoms with Gasteiger partial charge in [-0.2, -0.15) is 0 Å². The molecule has 5 rings (SSSR count). The van der Waals surface area contributed by atoms with Crippen LogP contribution < -0.4 is 9.47 Å². The van der Waals surface area contributed by atoms with Crippen molar-refractivity contribution >= 4 is 29.2 Å². The lowest BCUT2D eigenvalue weighted by Crippen LogP contribution is -2.11. The molecule has 2 heterocycles. The van der Waals surface area contributed by atoms with Gasteiger partial charge >= 0.3 is 5.97 Å². The molecule has 0 saturated heterocycles. The van der Waals surface area contributed by atoms with Crippen LogP contribution in [0, 0.1) is 6.92 Å². The zero-order valence-electron chi connectivity index (χ0n) is 17.9. The van der Waals surface area contributed by atoms with Crippen LogP contribution in [0.1, 0.15) is 26.4 Å². The van der Waals surface area contributed by atoms with Gasteiger partial charge in [-0.05, 0) is 53.3 Å². The molecule has 0 fully saturated rings. The predicted octanol–water partition coefficient (Wildman–Crippen LogP) is 6.49. The molecule has 1 aliphatic heterocycles. The van der Waals surface area contributed by atoms with E-state index in [4.69, 9.17) is 9.47 Å². The van der Waals surface area contributed by atoms with Crippen molar-refractivity contribution in [3.63, 3.8) is 0 Å². The first kappa shape index (κ1) is 20.9. The Morgan fingerprint density at radius 1 is 0.939 bits per heavy atom. The summed E-state index contributed by atoms with van der Waals surface area (Å²) in [6.45, 7) is 1.79. The minimum absolute atomic E-state index is 0.184. The summed E-state index contributed by atoms with van der Waals surface area (Å²) in [6, 6.07) is 25.2. The molecule has 0 aliphatic carbocycles. The first-order valence-electron chi connectivity index (χ1n) is 10.5. The van der Waals surface area contributed by atoms with Crippen molar-refractivity contribution in [2.75, 3.05) is 0 Å². The Kier molecular flexibility index (Phi) is 5.63. The lowest BCUT2D eigenvalue weighted by molar-refractivity contribution is -0.133. The maximum Gasteiger partial charge on any atom is 0.316 e. The fraction of sp³-hybridized carbons (Fsp3) is 0.0714. The third-order valence-corrected chi connectivity index (χ3v) is 6.35. The quantitative estimate of drug-likeness (QED) is 0.197. The van der Waals surface area contributed by atoms with Gasteiger partial charge in [0.1, 0.15) is 11.5 Å². The SMILES string of the molecule is Cc1c(OC(=O)Cc2cccs2)ccc2c1O/C(=C\c1ccc(-c3ccccc3)cc1)C2=O. The smallest absolute Gasteiger partial charge is 0.316 e. The van der Waals surface area contributed by atoms with E-state index in [1.165, 1.54) is 11.3 Å². The van der Waals surface area contributed by atoms with Crippen LogP contribution in [0.15, 0.2) is 90.0 Å².